The van der Waals surface area contributed by atoms with Crippen LogP contribution in [0.15, 0.2) is 84.5 Å². The van der Waals surface area contributed by atoms with Crippen LogP contribution in [0.5, 0.6) is 0 Å². The lowest BCUT2D eigenvalue weighted by Gasteiger charge is -2.19. The first kappa shape index (κ1) is 33.4. The number of allylic oxidation sites excluding steroid dienone is 5. The monoisotopic (exact) mass is 486 g/mol. The van der Waals surface area contributed by atoms with Crippen LogP contribution in [0, 0.1) is 11.8 Å². The zero-order valence-corrected chi connectivity index (χ0v) is 25.5. The molecule has 3 rings (SSSR count). The zero-order valence-electron chi connectivity index (χ0n) is 25.5. The fraction of sp³-hybridized carbons (Fsp3) is 0.444. The largest absolute Gasteiger partial charge is 0.0905 e. The molecule has 36 heavy (non-hydrogen) atoms. The normalized spacial score (nSPS) is 16.4. The lowest BCUT2D eigenvalue weighted by molar-refractivity contribution is 0.590. The summed E-state index contributed by atoms with van der Waals surface area (Å²) in [7, 11) is 0. The summed E-state index contributed by atoms with van der Waals surface area (Å²) in [6, 6.07) is 17.2. The fourth-order valence-corrected chi connectivity index (χ4v) is 3.47. The van der Waals surface area contributed by atoms with E-state index in [2.05, 4.69) is 142 Å². The predicted octanol–water partition coefficient (Wildman–Crippen LogP) is 11.7. The third-order valence-electron chi connectivity index (χ3n) is 6.22. The Morgan fingerprint density at radius 3 is 1.72 bits per heavy atom. The molecule has 1 saturated carbocycles. The molecule has 2 aromatic carbocycles. The molecule has 2 unspecified atom stereocenters. The van der Waals surface area contributed by atoms with Gasteiger partial charge in [-0.05, 0) is 86.1 Å². The molecule has 1 aliphatic rings. The van der Waals surface area contributed by atoms with Gasteiger partial charge in [0.15, 0.2) is 0 Å². The molecule has 0 bridgehead atoms. The van der Waals surface area contributed by atoms with Gasteiger partial charge in [0, 0.05) is 0 Å². The van der Waals surface area contributed by atoms with Crippen molar-refractivity contribution in [3.05, 3.63) is 107 Å². The maximum atomic E-state index is 4.30. The summed E-state index contributed by atoms with van der Waals surface area (Å²) in [6.07, 6.45) is 9.94. The summed E-state index contributed by atoms with van der Waals surface area (Å²) in [5.41, 5.74) is 8.89. The second-order valence-corrected chi connectivity index (χ2v) is 10.8. The molecule has 0 spiro atoms. The van der Waals surface area contributed by atoms with Crippen molar-refractivity contribution in [2.24, 2.45) is 11.8 Å². The van der Waals surface area contributed by atoms with Crippen molar-refractivity contribution in [2.45, 2.75) is 94.9 Å². The molecule has 0 amide bonds. The van der Waals surface area contributed by atoms with Crippen molar-refractivity contribution in [3.8, 4) is 0 Å². The second-order valence-electron chi connectivity index (χ2n) is 10.8. The van der Waals surface area contributed by atoms with E-state index in [0.29, 0.717) is 0 Å². The van der Waals surface area contributed by atoms with Crippen molar-refractivity contribution in [3.63, 3.8) is 0 Å². The van der Waals surface area contributed by atoms with Crippen LogP contribution in [-0.4, -0.2) is 0 Å². The number of hydrogen-bond acceptors (Lipinski definition) is 0. The number of hydrogen-bond donors (Lipinski definition) is 0. The molecule has 1 aliphatic carbocycles. The van der Waals surface area contributed by atoms with Crippen LogP contribution in [0.4, 0.5) is 0 Å². The van der Waals surface area contributed by atoms with Gasteiger partial charge in [-0.25, -0.2) is 0 Å². The third kappa shape index (κ3) is 12.9. The Morgan fingerprint density at radius 2 is 1.36 bits per heavy atom. The van der Waals surface area contributed by atoms with Gasteiger partial charge in [-0.3, -0.25) is 0 Å². The highest BCUT2D eigenvalue weighted by molar-refractivity contribution is 5.83. The van der Waals surface area contributed by atoms with Crippen molar-refractivity contribution in [1.82, 2.24) is 0 Å². The van der Waals surface area contributed by atoms with Gasteiger partial charge < -0.3 is 0 Å². The molecule has 0 radical (unpaired) electrons. The van der Waals surface area contributed by atoms with Gasteiger partial charge in [0.1, 0.15) is 0 Å². The molecule has 0 heteroatoms. The van der Waals surface area contributed by atoms with Gasteiger partial charge in [0.25, 0.3) is 0 Å². The maximum Gasteiger partial charge on any atom is -0.0111 e. The molecule has 0 saturated heterocycles. The van der Waals surface area contributed by atoms with E-state index in [1.165, 1.54) is 39.8 Å². The summed E-state index contributed by atoms with van der Waals surface area (Å²) >= 11 is 0. The summed E-state index contributed by atoms with van der Waals surface area (Å²) in [6.45, 7) is 30.0. The van der Waals surface area contributed by atoms with Crippen molar-refractivity contribution in [2.75, 3.05) is 0 Å². The SMILES string of the molecule is C/C=C(/C)C=C(C)C.C=C(c1ccc(C(C)(C)C)cc1)c1ccccc1/C=C\C.CC.CC1CC1C. The number of rotatable bonds is 4. The molecule has 0 N–H and O–H groups in total. The van der Waals surface area contributed by atoms with Crippen LogP contribution in [-0.2, 0) is 5.41 Å². The summed E-state index contributed by atoms with van der Waals surface area (Å²) in [5, 5.41) is 0. The van der Waals surface area contributed by atoms with Gasteiger partial charge in [0.2, 0.25) is 0 Å². The molecule has 0 heterocycles. The highest BCUT2D eigenvalue weighted by atomic mass is 14.3. The minimum atomic E-state index is 0.183. The standard InChI is InChI=1S/C21H24.C8H14.C5H10.C2H6/c1-6-9-18-10-7-8-11-20(18)16(2)17-12-14-19(15-13-17)21(3,4)5;1-5-8(4)6-7(2)3;1-4-3-5(4)2;1-2/h6-15H,2H2,1,3-5H3;5-6H,1-4H3;4-5H,3H2,1-2H3;1-2H3/b9-6-;8-5-;;. The quantitative estimate of drug-likeness (QED) is 0.377. The molecule has 0 nitrogen and oxygen atoms in total. The Bertz CT molecular complexity index is 977. The molecule has 2 aromatic rings. The van der Waals surface area contributed by atoms with Crippen LogP contribution in [0.2, 0.25) is 0 Å². The Hall–Kier alpha value is -2.60. The molecule has 198 valence electrons. The second kappa shape index (κ2) is 17.0. The minimum absolute atomic E-state index is 0.183. The topological polar surface area (TPSA) is 0 Å². The molecular weight excluding hydrogens is 432 g/mol. The van der Waals surface area contributed by atoms with E-state index < -0.39 is 0 Å². The third-order valence-corrected chi connectivity index (χ3v) is 6.22. The van der Waals surface area contributed by atoms with E-state index in [1.807, 2.05) is 20.8 Å². The van der Waals surface area contributed by atoms with Crippen LogP contribution in [0.1, 0.15) is 112 Å². The average molecular weight is 487 g/mol. The number of benzene rings is 2. The minimum Gasteiger partial charge on any atom is -0.0905 e. The molecule has 0 aromatic heterocycles. The van der Waals surface area contributed by atoms with Gasteiger partial charge in [-0.1, -0.05) is 139 Å². The van der Waals surface area contributed by atoms with Crippen molar-refractivity contribution >= 4 is 11.6 Å². The van der Waals surface area contributed by atoms with Crippen LogP contribution < -0.4 is 0 Å². The molecule has 0 aliphatic heterocycles. The summed E-state index contributed by atoms with van der Waals surface area (Å²) < 4.78 is 0. The molecule has 1 fully saturated rings. The van der Waals surface area contributed by atoms with E-state index in [-0.39, 0.29) is 5.41 Å². The Balaban J connectivity index is 0.000000668. The van der Waals surface area contributed by atoms with Crippen LogP contribution >= 0.6 is 0 Å². The van der Waals surface area contributed by atoms with E-state index in [0.717, 1.165) is 17.4 Å². The van der Waals surface area contributed by atoms with Gasteiger partial charge in [0.05, 0.1) is 0 Å². The zero-order chi connectivity index (χ0) is 27.9. The first-order valence-electron chi connectivity index (χ1n) is 13.7. The first-order chi connectivity index (χ1) is 16.9. The summed E-state index contributed by atoms with van der Waals surface area (Å²) in [4.78, 5) is 0. The van der Waals surface area contributed by atoms with E-state index in [4.69, 9.17) is 0 Å². The lowest BCUT2D eigenvalue weighted by Crippen LogP contribution is -2.10. The lowest BCUT2D eigenvalue weighted by atomic mass is 9.85. The van der Waals surface area contributed by atoms with E-state index in [9.17, 15) is 0 Å². The molecule has 2 atom stereocenters. The Kier molecular flexibility index (Phi) is 15.7. The van der Waals surface area contributed by atoms with E-state index in [1.54, 1.807) is 0 Å². The highest BCUT2D eigenvalue weighted by Gasteiger charge is 2.26. The highest BCUT2D eigenvalue weighted by Crippen LogP contribution is 2.36. The average Bonchev–Trinajstić information content (AvgIpc) is 3.51. The first-order valence-corrected chi connectivity index (χ1v) is 13.7. The fourth-order valence-electron chi connectivity index (χ4n) is 3.47. The van der Waals surface area contributed by atoms with Gasteiger partial charge in [-0.2, -0.15) is 0 Å². The van der Waals surface area contributed by atoms with Gasteiger partial charge >= 0.3 is 0 Å². The van der Waals surface area contributed by atoms with E-state index >= 15 is 0 Å². The van der Waals surface area contributed by atoms with Gasteiger partial charge in [-0.15, -0.1) is 0 Å². The summed E-state index contributed by atoms with van der Waals surface area (Å²) in [5.74, 6) is 2.10. The Morgan fingerprint density at radius 1 is 0.861 bits per heavy atom. The smallest absolute Gasteiger partial charge is 0.0111 e. The van der Waals surface area contributed by atoms with Crippen molar-refractivity contribution < 1.29 is 0 Å². The Labute approximate surface area is 225 Å². The van der Waals surface area contributed by atoms with Crippen molar-refractivity contribution in [1.29, 1.82) is 0 Å². The molecular formula is C36H54. The predicted molar refractivity (Wildman–Crippen MR) is 168 cm³/mol. The maximum absolute atomic E-state index is 4.30. The van der Waals surface area contributed by atoms with Crippen LogP contribution in [0.3, 0.4) is 0 Å². The van der Waals surface area contributed by atoms with Crippen LogP contribution in [0.25, 0.3) is 11.6 Å².